The van der Waals surface area contributed by atoms with Gasteiger partial charge in [0, 0.05) is 13.0 Å². The van der Waals surface area contributed by atoms with E-state index in [1.165, 1.54) is 0 Å². The molecule has 78 valence electrons. The van der Waals surface area contributed by atoms with E-state index >= 15 is 0 Å². The zero-order chi connectivity index (χ0) is 10.6. The van der Waals surface area contributed by atoms with Gasteiger partial charge in [-0.25, -0.2) is 0 Å². The highest BCUT2D eigenvalue weighted by atomic mass is 16.5. The summed E-state index contributed by atoms with van der Waals surface area (Å²) < 4.78 is 5.31. The summed E-state index contributed by atoms with van der Waals surface area (Å²) in [5.74, 6) is 1.55. The van der Waals surface area contributed by atoms with Crippen molar-refractivity contribution in [2.45, 2.75) is 31.4 Å². The Morgan fingerprint density at radius 2 is 2.57 bits per heavy atom. The average Bonchev–Trinajstić information content (AvgIpc) is 2.14. The minimum Gasteiger partial charge on any atom is -0.480 e. The molecule has 0 aromatic carbocycles. The normalized spacial score (nSPS) is 32.1. The Morgan fingerprint density at radius 1 is 1.86 bits per heavy atom. The van der Waals surface area contributed by atoms with Crippen molar-refractivity contribution in [3.05, 3.63) is 0 Å². The monoisotopic (exact) mass is 197 g/mol. The number of hydrogen-bond acceptors (Lipinski definition) is 3. The SMILES string of the molecule is C#CCNC1(C(=O)O)CCOC(C)C1. The topological polar surface area (TPSA) is 58.6 Å². The van der Waals surface area contributed by atoms with Crippen LogP contribution in [0.2, 0.25) is 0 Å². The molecule has 2 N–H and O–H groups in total. The molecule has 4 heteroatoms. The third kappa shape index (κ3) is 2.25. The van der Waals surface area contributed by atoms with Crippen LogP contribution in [-0.2, 0) is 9.53 Å². The molecule has 14 heavy (non-hydrogen) atoms. The molecule has 0 amide bonds. The van der Waals surface area contributed by atoms with Crippen molar-refractivity contribution in [3.8, 4) is 12.3 Å². The van der Waals surface area contributed by atoms with E-state index in [2.05, 4.69) is 11.2 Å². The number of carboxylic acid groups (broad SMARTS) is 1. The van der Waals surface area contributed by atoms with Gasteiger partial charge >= 0.3 is 5.97 Å². The molecular formula is C10H15NO3. The molecule has 1 aliphatic heterocycles. The van der Waals surface area contributed by atoms with E-state index < -0.39 is 11.5 Å². The van der Waals surface area contributed by atoms with E-state index in [-0.39, 0.29) is 12.6 Å². The highest BCUT2D eigenvalue weighted by Gasteiger charge is 2.41. The number of aliphatic carboxylic acids is 1. The van der Waals surface area contributed by atoms with E-state index in [9.17, 15) is 4.79 Å². The summed E-state index contributed by atoms with van der Waals surface area (Å²) in [7, 11) is 0. The Balaban J connectivity index is 2.70. The van der Waals surface area contributed by atoms with Gasteiger partial charge in [0.15, 0.2) is 0 Å². The van der Waals surface area contributed by atoms with Crippen LogP contribution in [0, 0.1) is 12.3 Å². The summed E-state index contributed by atoms with van der Waals surface area (Å²) in [4.78, 5) is 11.1. The highest BCUT2D eigenvalue weighted by molar-refractivity contribution is 5.79. The fourth-order valence-electron chi connectivity index (χ4n) is 1.74. The van der Waals surface area contributed by atoms with Gasteiger partial charge in [-0.05, 0) is 13.3 Å². The third-order valence-corrected chi connectivity index (χ3v) is 2.51. The Bertz CT molecular complexity index is 259. The van der Waals surface area contributed by atoms with Gasteiger partial charge < -0.3 is 9.84 Å². The summed E-state index contributed by atoms with van der Waals surface area (Å²) >= 11 is 0. The predicted molar refractivity (Wildman–Crippen MR) is 51.9 cm³/mol. The third-order valence-electron chi connectivity index (χ3n) is 2.51. The van der Waals surface area contributed by atoms with Crippen molar-refractivity contribution in [2.75, 3.05) is 13.2 Å². The molecule has 1 heterocycles. The zero-order valence-corrected chi connectivity index (χ0v) is 8.25. The first-order valence-corrected chi connectivity index (χ1v) is 4.64. The van der Waals surface area contributed by atoms with Crippen molar-refractivity contribution in [1.82, 2.24) is 5.32 Å². The molecular weight excluding hydrogens is 182 g/mol. The Labute approximate surface area is 83.6 Å². The molecule has 0 saturated carbocycles. The maximum Gasteiger partial charge on any atom is 0.324 e. The standard InChI is InChI=1S/C10H15NO3/c1-3-5-11-10(9(12)13)4-6-14-8(2)7-10/h1,8,11H,4-7H2,2H3,(H,12,13). The van der Waals surface area contributed by atoms with Crippen LogP contribution in [0.4, 0.5) is 0 Å². The Hall–Kier alpha value is -1.05. The molecule has 0 bridgehead atoms. The molecule has 0 aromatic heterocycles. The molecule has 0 aliphatic carbocycles. The Morgan fingerprint density at radius 3 is 3.07 bits per heavy atom. The van der Waals surface area contributed by atoms with Crippen LogP contribution in [0.15, 0.2) is 0 Å². The minimum atomic E-state index is -0.899. The lowest BCUT2D eigenvalue weighted by atomic mass is 9.87. The molecule has 1 rings (SSSR count). The van der Waals surface area contributed by atoms with E-state index in [1.807, 2.05) is 6.92 Å². The summed E-state index contributed by atoms with van der Waals surface area (Å²) in [5.41, 5.74) is -0.899. The van der Waals surface area contributed by atoms with Gasteiger partial charge in [-0.15, -0.1) is 6.42 Å². The number of rotatable bonds is 3. The van der Waals surface area contributed by atoms with Crippen LogP contribution >= 0.6 is 0 Å². The van der Waals surface area contributed by atoms with Crippen LogP contribution in [0.1, 0.15) is 19.8 Å². The van der Waals surface area contributed by atoms with Gasteiger partial charge in [0.1, 0.15) is 5.54 Å². The Kier molecular flexibility index (Phi) is 3.50. The van der Waals surface area contributed by atoms with Gasteiger partial charge in [0.25, 0.3) is 0 Å². The first-order chi connectivity index (χ1) is 6.60. The van der Waals surface area contributed by atoms with Crippen LogP contribution < -0.4 is 5.32 Å². The number of carbonyl (C=O) groups is 1. The van der Waals surface area contributed by atoms with Crippen LogP contribution in [-0.4, -0.2) is 35.9 Å². The van der Waals surface area contributed by atoms with Crippen molar-refractivity contribution in [1.29, 1.82) is 0 Å². The lowest BCUT2D eigenvalue weighted by Gasteiger charge is -2.36. The van der Waals surface area contributed by atoms with E-state index in [4.69, 9.17) is 16.3 Å². The smallest absolute Gasteiger partial charge is 0.324 e. The maximum absolute atomic E-state index is 11.1. The molecule has 4 nitrogen and oxygen atoms in total. The minimum absolute atomic E-state index is 0.0369. The second kappa shape index (κ2) is 4.45. The lowest BCUT2D eigenvalue weighted by molar-refractivity contribution is -0.151. The number of ether oxygens (including phenoxy) is 1. The van der Waals surface area contributed by atoms with Gasteiger partial charge in [0.2, 0.25) is 0 Å². The lowest BCUT2D eigenvalue weighted by Crippen LogP contribution is -2.57. The van der Waals surface area contributed by atoms with Gasteiger partial charge in [-0.1, -0.05) is 5.92 Å². The average molecular weight is 197 g/mol. The van der Waals surface area contributed by atoms with Gasteiger partial charge in [0.05, 0.1) is 12.6 Å². The van der Waals surface area contributed by atoms with Crippen molar-refractivity contribution in [3.63, 3.8) is 0 Å². The molecule has 2 atom stereocenters. The number of carboxylic acids is 1. The molecule has 0 aromatic rings. The highest BCUT2D eigenvalue weighted by Crippen LogP contribution is 2.24. The van der Waals surface area contributed by atoms with E-state index in [1.54, 1.807) is 0 Å². The van der Waals surface area contributed by atoms with E-state index in [0.717, 1.165) is 0 Å². The summed E-state index contributed by atoms with van der Waals surface area (Å²) in [6.07, 6.45) is 5.99. The fraction of sp³-hybridized carbons (Fsp3) is 0.700. The molecule has 2 unspecified atom stereocenters. The molecule has 1 saturated heterocycles. The first-order valence-electron chi connectivity index (χ1n) is 4.64. The van der Waals surface area contributed by atoms with Crippen molar-refractivity contribution in [2.24, 2.45) is 0 Å². The summed E-state index contributed by atoms with van der Waals surface area (Å²) in [5, 5.41) is 12.0. The van der Waals surface area contributed by atoms with Gasteiger partial charge in [-0.2, -0.15) is 0 Å². The quantitative estimate of drug-likeness (QED) is 0.636. The van der Waals surface area contributed by atoms with Crippen molar-refractivity contribution >= 4 is 5.97 Å². The summed E-state index contributed by atoms with van der Waals surface area (Å²) in [6, 6.07) is 0. The van der Waals surface area contributed by atoms with Crippen molar-refractivity contribution < 1.29 is 14.6 Å². The number of hydrogen-bond donors (Lipinski definition) is 2. The molecule has 1 aliphatic rings. The fourth-order valence-corrected chi connectivity index (χ4v) is 1.74. The molecule has 0 spiro atoms. The zero-order valence-electron chi connectivity index (χ0n) is 8.25. The van der Waals surface area contributed by atoms with E-state index in [0.29, 0.717) is 19.4 Å². The first kappa shape index (κ1) is 11.0. The largest absolute Gasteiger partial charge is 0.480 e. The number of terminal acetylenes is 1. The molecule has 0 radical (unpaired) electrons. The predicted octanol–water partition coefficient (Wildman–Crippen LogP) is 0.231. The summed E-state index contributed by atoms with van der Waals surface area (Å²) in [6.45, 7) is 2.61. The second-order valence-electron chi connectivity index (χ2n) is 3.58. The van der Waals surface area contributed by atoms with Crippen LogP contribution in [0.3, 0.4) is 0 Å². The molecule has 1 fully saturated rings. The second-order valence-corrected chi connectivity index (χ2v) is 3.58. The van der Waals surface area contributed by atoms with Gasteiger partial charge in [-0.3, -0.25) is 10.1 Å². The van der Waals surface area contributed by atoms with Crippen LogP contribution in [0.5, 0.6) is 0 Å². The maximum atomic E-state index is 11.1. The van der Waals surface area contributed by atoms with Crippen LogP contribution in [0.25, 0.3) is 0 Å². The number of nitrogens with one attached hydrogen (secondary N) is 1.